The molecule has 1 aromatic carbocycles. The van der Waals surface area contributed by atoms with E-state index >= 15 is 0 Å². The smallest absolute Gasteiger partial charge is 0.244 e. The van der Waals surface area contributed by atoms with Crippen molar-refractivity contribution in [3.05, 3.63) is 41.5 Å². The second kappa shape index (κ2) is 5.69. The number of carbonyl (C=O) groups is 2. The fourth-order valence-electron chi connectivity index (χ4n) is 2.14. The first kappa shape index (κ1) is 13.3. The predicted octanol–water partition coefficient (Wildman–Crippen LogP) is 2.02. The maximum absolute atomic E-state index is 12.4. The number of ketones is 1. The Kier molecular flexibility index (Phi) is 4.00. The van der Waals surface area contributed by atoms with E-state index in [1.54, 1.807) is 19.1 Å². The van der Waals surface area contributed by atoms with Gasteiger partial charge in [0.2, 0.25) is 5.91 Å². The van der Waals surface area contributed by atoms with Crippen molar-refractivity contribution < 1.29 is 14.3 Å². The number of hydrogen-bond acceptors (Lipinski definition) is 3. The number of aryl methyl sites for hydroxylation is 1. The molecule has 1 aliphatic heterocycles. The molecule has 2 rings (SSSR count). The lowest BCUT2D eigenvalue weighted by Crippen LogP contribution is -2.40. The lowest BCUT2D eigenvalue weighted by molar-refractivity contribution is -0.117. The number of hydrogen-bond donors (Lipinski definition) is 1. The number of benzene rings is 1. The van der Waals surface area contributed by atoms with E-state index in [1.165, 1.54) is 6.08 Å². The van der Waals surface area contributed by atoms with Crippen LogP contribution in [0.25, 0.3) is 0 Å². The minimum absolute atomic E-state index is 0.0888. The molecule has 4 nitrogen and oxygen atoms in total. The molecule has 1 aromatic rings. The van der Waals surface area contributed by atoms with Gasteiger partial charge >= 0.3 is 0 Å². The summed E-state index contributed by atoms with van der Waals surface area (Å²) in [6.07, 6.45) is 3.54. The van der Waals surface area contributed by atoms with E-state index in [4.69, 9.17) is 4.74 Å². The van der Waals surface area contributed by atoms with Gasteiger partial charge in [-0.25, -0.2) is 0 Å². The monoisotopic (exact) mass is 259 g/mol. The fraction of sp³-hybridized carbons (Fsp3) is 0.333. The van der Waals surface area contributed by atoms with Crippen molar-refractivity contribution in [2.45, 2.75) is 26.3 Å². The Bertz CT molecular complexity index is 534. The molecule has 0 radical (unpaired) electrons. The van der Waals surface area contributed by atoms with E-state index < -0.39 is 6.04 Å². The molecule has 0 aromatic heterocycles. The molecule has 1 aliphatic rings. The Labute approximate surface area is 112 Å². The van der Waals surface area contributed by atoms with Gasteiger partial charge in [-0.05, 0) is 31.6 Å². The Morgan fingerprint density at radius 2 is 2.26 bits per heavy atom. The van der Waals surface area contributed by atoms with Crippen LogP contribution in [0, 0.1) is 6.92 Å². The molecule has 1 N–H and O–H groups in total. The molecule has 1 unspecified atom stereocenters. The van der Waals surface area contributed by atoms with Gasteiger partial charge in [-0.1, -0.05) is 18.2 Å². The van der Waals surface area contributed by atoms with Crippen molar-refractivity contribution in [2.24, 2.45) is 0 Å². The number of allylic oxidation sites excluding steroid dienone is 1. The van der Waals surface area contributed by atoms with Crippen molar-refractivity contribution >= 4 is 11.7 Å². The number of carbonyl (C=O) groups excluding carboxylic acids is 2. The van der Waals surface area contributed by atoms with Gasteiger partial charge in [-0.15, -0.1) is 0 Å². The van der Waals surface area contributed by atoms with Crippen LogP contribution in [0.4, 0.5) is 0 Å². The van der Waals surface area contributed by atoms with Gasteiger partial charge in [0.05, 0.1) is 18.2 Å². The predicted molar refractivity (Wildman–Crippen MR) is 72.4 cm³/mol. The number of fused-ring (bicyclic) bond motifs is 1. The molecule has 1 heterocycles. The number of nitrogens with one attached hydrogen (secondary N) is 1. The first-order chi connectivity index (χ1) is 9.13. The second-order valence-electron chi connectivity index (χ2n) is 4.51. The summed E-state index contributed by atoms with van der Waals surface area (Å²) in [6, 6.07) is 4.95. The summed E-state index contributed by atoms with van der Waals surface area (Å²) in [5.74, 6) is 0.293. The van der Waals surface area contributed by atoms with Crippen LogP contribution >= 0.6 is 0 Å². The SMILES string of the molecule is C/C=C/C(=O)NC1CCOc2c(C)cccc2C1=O. The topological polar surface area (TPSA) is 55.4 Å². The van der Waals surface area contributed by atoms with Crippen molar-refractivity contribution in [3.63, 3.8) is 0 Å². The van der Waals surface area contributed by atoms with E-state index in [1.807, 2.05) is 19.1 Å². The van der Waals surface area contributed by atoms with E-state index in [-0.39, 0.29) is 11.7 Å². The van der Waals surface area contributed by atoms with Gasteiger partial charge in [0.25, 0.3) is 0 Å². The Morgan fingerprint density at radius 1 is 1.47 bits per heavy atom. The Balaban J connectivity index is 2.26. The van der Waals surface area contributed by atoms with E-state index in [0.29, 0.717) is 24.3 Å². The average Bonchev–Trinajstić information content (AvgIpc) is 2.53. The van der Waals surface area contributed by atoms with Crippen molar-refractivity contribution in [3.8, 4) is 5.75 Å². The van der Waals surface area contributed by atoms with Crippen LogP contribution < -0.4 is 10.1 Å². The summed E-state index contributed by atoms with van der Waals surface area (Å²) in [6.45, 7) is 4.09. The number of ether oxygens (including phenoxy) is 1. The van der Waals surface area contributed by atoms with E-state index in [9.17, 15) is 9.59 Å². The number of rotatable bonds is 2. The van der Waals surface area contributed by atoms with Crippen LogP contribution in [-0.4, -0.2) is 24.3 Å². The third-order valence-electron chi connectivity index (χ3n) is 3.08. The minimum Gasteiger partial charge on any atom is -0.492 e. The Hall–Kier alpha value is -2.10. The molecule has 19 heavy (non-hydrogen) atoms. The molecule has 1 atom stereocenters. The van der Waals surface area contributed by atoms with Gasteiger partial charge in [0.15, 0.2) is 5.78 Å². The average molecular weight is 259 g/mol. The van der Waals surface area contributed by atoms with Gasteiger partial charge in [0, 0.05) is 6.42 Å². The zero-order valence-electron chi connectivity index (χ0n) is 11.1. The maximum Gasteiger partial charge on any atom is 0.244 e. The molecular formula is C15H17NO3. The van der Waals surface area contributed by atoms with Crippen LogP contribution in [-0.2, 0) is 4.79 Å². The van der Waals surface area contributed by atoms with Crippen molar-refractivity contribution in [2.75, 3.05) is 6.61 Å². The zero-order chi connectivity index (χ0) is 13.8. The molecule has 0 fully saturated rings. The highest BCUT2D eigenvalue weighted by Gasteiger charge is 2.27. The second-order valence-corrected chi connectivity index (χ2v) is 4.51. The fourth-order valence-corrected chi connectivity index (χ4v) is 2.14. The van der Waals surface area contributed by atoms with Crippen LogP contribution in [0.3, 0.4) is 0 Å². The van der Waals surface area contributed by atoms with Crippen LogP contribution in [0.15, 0.2) is 30.4 Å². The number of para-hydroxylation sites is 1. The summed E-state index contributed by atoms with van der Waals surface area (Å²) >= 11 is 0. The van der Waals surface area contributed by atoms with Crippen LogP contribution in [0.5, 0.6) is 5.75 Å². The molecule has 0 bridgehead atoms. The molecule has 4 heteroatoms. The molecule has 0 spiro atoms. The van der Waals surface area contributed by atoms with Crippen LogP contribution in [0.1, 0.15) is 29.3 Å². The highest BCUT2D eigenvalue weighted by molar-refractivity contribution is 6.05. The first-order valence-electron chi connectivity index (χ1n) is 6.33. The van der Waals surface area contributed by atoms with Gasteiger partial charge in [0.1, 0.15) is 5.75 Å². The highest BCUT2D eigenvalue weighted by Crippen LogP contribution is 2.27. The molecule has 0 saturated carbocycles. The summed E-state index contributed by atoms with van der Waals surface area (Å²) in [4.78, 5) is 24.0. The van der Waals surface area contributed by atoms with Gasteiger partial charge < -0.3 is 10.1 Å². The minimum atomic E-state index is -0.522. The standard InChI is InChI=1S/C15H17NO3/c1-3-5-13(17)16-12-8-9-19-15-10(2)6-4-7-11(15)14(12)18/h3-7,12H,8-9H2,1-2H3,(H,16,17)/b5-3+. The third-order valence-corrected chi connectivity index (χ3v) is 3.08. The van der Waals surface area contributed by atoms with Gasteiger partial charge in [-0.2, -0.15) is 0 Å². The molecule has 0 saturated heterocycles. The summed E-state index contributed by atoms with van der Waals surface area (Å²) in [5.41, 5.74) is 1.48. The zero-order valence-corrected chi connectivity index (χ0v) is 11.1. The highest BCUT2D eigenvalue weighted by atomic mass is 16.5. The molecular weight excluding hydrogens is 242 g/mol. The summed E-state index contributed by atoms with van der Waals surface area (Å²) in [7, 11) is 0. The van der Waals surface area contributed by atoms with Gasteiger partial charge in [-0.3, -0.25) is 9.59 Å². The summed E-state index contributed by atoms with van der Waals surface area (Å²) < 4.78 is 5.63. The maximum atomic E-state index is 12.4. The normalized spacial score (nSPS) is 18.6. The quantitative estimate of drug-likeness (QED) is 0.827. The lowest BCUT2D eigenvalue weighted by atomic mass is 10.00. The third kappa shape index (κ3) is 2.84. The largest absolute Gasteiger partial charge is 0.492 e. The molecule has 100 valence electrons. The van der Waals surface area contributed by atoms with Crippen molar-refractivity contribution in [1.29, 1.82) is 0 Å². The van der Waals surface area contributed by atoms with Crippen molar-refractivity contribution in [1.82, 2.24) is 5.32 Å². The first-order valence-corrected chi connectivity index (χ1v) is 6.33. The molecule has 1 amide bonds. The Morgan fingerprint density at radius 3 is 3.00 bits per heavy atom. The van der Waals surface area contributed by atoms with E-state index in [2.05, 4.69) is 5.32 Å². The van der Waals surface area contributed by atoms with Crippen LogP contribution in [0.2, 0.25) is 0 Å². The van der Waals surface area contributed by atoms with E-state index in [0.717, 1.165) is 5.56 Å². The number of amides is 1. The lowest BCUT2D eigenvalue weighted by Gasteiger charge is -2.13. The molecule has 0 aliphatic carbocycles. The number of Topliss-reactive ketones (excluding diaryl/α,β-unsaturated/α-hetero) is 1. The summed E-state index contributed by atoms with van der Waals surface area (Å²) in [5, 5.41) is 2.71.